The molecule has 152 valence electrons. The molecule has 0 unspecified atom stereocenters. The van der Waals surface area contributed by atoms with Gasteiger partial charge in [-0.05, 0) is 32.0 Å². The highest BCUT2D eigenvalue weighted by atomic mass is 28.4. The second-order valence-corrected chi connectivity index (χ2v) is 14.6. The Morgan fingerprint density at radius 1 is 1.27 bits per heavy atom. The maximum absolute atomic E-state index is 12.2. The molecule has 2 saturated heterocycles. The average Bonchev–Trinajstić information content (AvgIpc) is 3.19. The van der Waals surface area contributed by atoms with Crippen LogP contribution in [0.5, 0.6) is 0 Å². The first kappa shape index (κ1) is 21.8. The van der Waals surface area contributed by atoms with Crippen molar-refractivity contribution in [2.75, 3.05) is 20.7 Å². The maximum atomic E-state index is 12.2. The molecule has 0 spiro atoms. The third-order valence-corrected chi connectivity index (χ3v) is 10.4. The first-order valence-corrected chi connectivity index (χ1v) is 12.4. The van der Waals surface area contributed by atoms with Gasteiger partial charge in [0, 0.05) is 20.0 Å². The number of amides is 1. The van der Waals surface area contributed by atoms with E-state index in [-0.39, 0.29) is 41.3 Å². The van der Waals surface area contributed by atoms with E-state index in [0.717, 1.165) is 0 Å². The lowest BCUT2D eigenvalue weighted by molar-refractivity contribution is -0.154. The fraction of sp³-hybridized carbons (Fsp3) is 0.947. The zero-order valence-corrected chi connectivity index (χ0v) is 19.1. The minimum atomic E-state index is -2.02. The number of carbonyl (C=O) groups excluding carboxylic acids is 1. The monoisotopic (exact) mass is 387 g/mol. The summed E-state index contributed by atoms with van der Waals surface area (Å²) in [7, 11) is 1.49. The standard InChI is InChI=1S/C19H37NO5Si/c1-12(15-16(23-15)17(21)20(7)8)14(13-11-22-19(5,6)24-13)25-26(9,10)18(2,3)4/h12-16H,11H2,1-10H3/t12-,13-,14+,15-,16+/m1/s1. The minimum absolute atomic E-state index is 0.0110. The molecule has 0 aliphatic carbocycles. The van der Waals surface area contributed by atoms with E-state index in [4.69, 9.17) is 18.6 Å². The number of ether oxygens (including phenoxy) is 3. The summed E-state index contributed by atoms with van der Waals surface area (Å²) in [5.41, 5.74) is 0. The number of nitrogens with zero attached hydrogens (tertiary/aromatic N) is 1. The minimum Gasteiger partial charge on any atom is -0.411 e. The molecule has 2 rings (SSSR count). The van der Waals surface area contributed by atoms with Gasteiger partial charge in [0.15, 0.2) is 20.2 Å². The van der Waals surface area contributed by atoms with E-state index in [1.807, 2.05) is 13.8 Å². The molecule has 2 aliphatic heterocycles. The van der Waals surface area contributed by atoms with Crippen LogP contribution in [0.3, 0.4) is 0 Å². The first-order chi connectivity index (χ1) is 11.7. The van der Waals surface area contributed by atoms with Crippen LogP contribution in [-0.2, 0) is 23.4 Å². The molecule has 0 saturated carbocycles. The predicted octanol–water partition coefficient (Wildman–Crippen LogP) is 3.02. The largest absolute Gasteiger partial charge is 0.411 e. The Kier molecular flexibility index (Phi) is 6.01. The number of carbonyl (C=O) groups is 1. The molecule has 0 aromatic rings. The average molecular weight is 388 g/mol. The van der Waals surface area contributed by atoms with Crippen molar-refractivity contribution in [3.05, 3.63) is 0 Å². The lowest BCUT2D eigenvalue weighted by atomic mass is 9.94. The Labute approximate surface area is 159 Å². The van der Waals surface area contributed by atoms with Gasteiger partial charge in [-0.3, -0.25) is 4.79 Å². The molecule has 2 heterocycles. The van der Waals surface area contributed by atoms with Crippen LogP contribution < -0.4 is 0 Å². The summed E-state index contributed by atoms with van der Waals surface area (Å²) in [6, 6.07) is 0. The molecule has 0 aromatic heterocycles. The van der Waals surface area contributed by atoms with Gasteiger partial charge < -0.3 is 23.5 Å². The molecule has 1 amide bonds. The molecule has 6 nitrogen and oxygen atoms in total. The van der Waals surface area contributed by atoms with Crippen molar-refractivity contribution >= 4 is 14.2 Å². The summed E-state index contributed by atoms with van der Waals surface area (Å²) in [6.45, 7) is 17.6. The molecule has 0 bridgehead atoms. The van der Waals surface area contributed by atoms with Gasteiger partial charge in [0.2, 0.25) is 0 Å². The van der Waals surface area contributed by atoms with Gasteiger partial charge in [0.1, 0.15) is 6.10 Å². The lowest BCUT2D eigenvalue weighted by Gasteiger charge is -2.42. The topological polar surface area (TPSA) is 60.5 Å². The molecular formula is C19H37NO5Si. The van der Waals surface area contributed by atoms with Crippen LogP contribution in [0, 0.1) is 5.92 Å². The number of epoxide rings is 1. The van der Waals surface area contributed by atoms with E-state index in [2.05, 4.69) is 40.8 Å². The number of likely N-dealkylation sites (N-methyl/N-ethyl adjacent to an activating group) is 1. The summed E-state index contributed by atoms with van der Waals surface area (Å²) >= 11 is 0. The fourth-order valence-corrected chi connectivity index (χ4v) is 4.48. The normalized spacial score (nSPS) is 30.8. The zero-order chi connectivity index (χ0) is 20.1. The highest BCUT2D eigenvalue weighted by Crippen LogP contribution is 2.43. The smallest absolute Gasteiger partial charge is 0.253 e. The van der Waals surface area contributed by atoms with Gasteiger partial charge in [-0.25, -0.2) is 0 Å². The Balaban J connectivity index is 2.18. The SMILES string of the molecule is C[C@@H]([C@H]1O[C@@H]1C(=O)N(C)C)[C@H](O[Si](C)(C)C(C)(C)C)[C@H]1COC(C)(C)O1. The van der Waals surface area contributed by atoms with Crippen molar-refractivity contribution in [1.82, 2.24) is 4.90 Å². The zero-order valence-electron chi connectivity index (χ0n) is 18.1. The van der Waals surface area contributed by atoms with Crippen LogP contribution in [0.1, 0.15) is 41.5 Å². The third kappa shape index (κ3) is 4.68. The van der Waals surface area contributed by atoms with E-state index in [9.17, 15) is 4.79 Å². The maximum Gasteiger partial charge on any atom is 0.253 e. The summed E-state index contributed by atoms with van der Waals surface area (Å²) in [5, 5.41) is 0.0865. The fourth-order valence-electron chi connectivity index (χ4n) is 3.08. The van der Waals surface area contributed by atoms with E-state index >= 15 is 0 Å². The predicted molar refractivity (Wildman–Crippen MR) is 103 cm³/mol. The Bertz CT molecular complexity index is 529. The second-order valence-electron chi connectivity index (χ2n) is 9.82. The van der Waals surface area contributed by atoms with Crippen molar-refractivity contribution in [2.45, 2.75) is 89.9 Å². The van der Waals surface area contributed by atoms with Crippen molar-refractivity contribution in [2.24, 2.45) is 5.92 Å². The molecule has 0 N–H and O–H groups in total. The summed E-state index contributed by atoms with van der Waals surface area (Å²) in [4.78, 5) is 13.8. The van der Waals surface area contributed by atoms with Crippen LogP contribution in [0.2, 0.25) is 18.1 Å². The highest BCUT2D eigenvalue weighted by Gasteiger charge is 2.55. The van der Waals surface area contributed by atoms with Gasteiger partial charge in [0.25, 0.3) is 5.91 Å². The molecule has 26 heavy (non-hydrogen) atoms. The summed E-state index contributed by atoms with van der Waals surface area (Å²) in [5.74, 6) is -0.555. The van der Waals surface area contributed by atoms with Crippen LogP contribution in [0.15, 0.2) is 0 Å². The number of hydrogen-bond acceptors (Lipinski definition) is 5. The molecule has 2 fully saturated rings. The Morgan fingerprint density at radius 3 is 2.27 bits per heavy atom. The third-order valence-electron chi connectivity index (χ3n) is 5.88. The van der Waals surface area contributed by atoms with Gasteiger partial charge in [-0.1, -0.05) is 27.7 Å². The van der Waals surface area contributed by atoms with E-state index in [1.165, 1.54) is 0 Å². The second kappa shape index (κ2) is 7.17. The van der Waals surface area contributed by atoms with Crippen LogP contribution in [0.4, 0.5) is 0 Å². The molecule has 0 radical (unpaired) electrons. The summed E-state index contributed by atoms with van der Waals surface area (Å²) < 4.78 is 24.4. The van der Waals surface area contributed by atoms with Crippen LogP contribution in [0.25, 0.3) is 0 Å². The Hall–Kier alpha value is -0.473. The van der Waals surface area contributed by atoms with Crippen molar-refractivity contribution < 1.29 is 23.4 Å². The van der Waals surface area contributed by atoms with Crippen molar-refractivity contribution in [3.8, 4) is 0 Å². The van der Waals surface area contributed by atoms with Gasteiger partial charge in [-0.2, -0.15) is 0 Å². The van der Waals surface area contributed by atoms with Gasteiger partial charge in [-0.15, -0.1) is 0 Å². The number of hydrogen-bond donors (Lipinski definition) is 0. The van der Waals surface area contributed by atoms with Crippen LogP contribution >= 0.6 is 0 Å². The van der Waals surface area contributed by atoms with Crippen LogP contribution in [-0.4, -0.2) is 70.0 Å². The van der Waals surface area contributed by atoms with Gasteiger partial charge >= 0.3 is 0 Å². The molecule has 7 heteroatoms. The molecule has 2 aliphatic rings. The quantitative estimate of drug-likeness (QED) is 0.518. The molecular weight excluding hydrogens is 350 g/mol. The van der Waals surface area contributed by atoms with Crippen molar-refractivity contribution in [1.29, 1.82) is 0 Å². The first-order valence-electron chi connectivity index (χ1n) is 9.52. The number of rotatable bonds is 6. The van der Waals surface area contributed by atoms with E-state index in [1.54, 1.807) is 19.0 Å². The highest BCUT2D eigenvalue weighted by molar-refractivity contribution is 6.74. The molecule has 5 atom stereocenters. The van der Waals surface area contributed by atoms with Gasteiger partial charge in [0.05, 0.1) is 18.8 Å². The Morgan fingerprint density at radius 2 is 1.85 bits per heavy atom. The summed E-state index contributed by atoms with van der Waals surface area (Å²) in [6.07, 6.45) is -0.830. The van der Waals surface area contributed by atoms with Crippen molar-refractivity contribution in [3.63, 3.8) is 0 Å². The van der Waals surface area contributed by atoms with E-state index in [0.29, 0.717) is 6.61 Å². The van der Waals surface area contributed by atoms with E-state index < -0.39 is 14.1 Å². The lowest BCUT2D eigenvalue weighted by Crippen LogP contribution is -2.51. The molecule has 0 aromatic carbocycles.